The summed E-state index contributed by atoms with van der Waals surface area (Å²) in [5, 5.41) is 8.64. The Morgan fingerprint density at radius 1 is 1.05 bits per heavy atom. The van der Waals surface area contributed by atoms with Crippen LogP contribution in [0.4, 0.5) is 0 Å². The van der Waals surface area contributed by atoms with Gasteiger partial charge in [0.15, 0.2) is 0 Å². The van der Waals surface area contributed by atoms with Crippen molar-refractivity contribution in [2.24, 2.45) is 0 Å². The van der Waals surface area contributed by atoms with E-state index in [1.807, 2.05) is 0 Å². The predicted molar refractivity (Wildman–Crippen MR) is 80.3 cm³/mol. The maximum atomic E-state index is 10.5. The molecule has 2 heterocycles. The Kier molecular flexibility index (Phi) is 5.15. The van der Waals surface area contributed by atoms with Crippen LogP contribution in [-0.4, -0.2) is 27.5 Å². The molecule has 2 rings (SSSR count). The molecule has 0 aliphatic heterocycles. The zero-order chi connectivity index (χ0) is 15.8. The lowest BCUT2D eigenvalue weighted by Crippen LogP contribution is -1.90. The minimum atomic E-state index is -1.02. The summed E-state index contributed by atoms with van der Waals surface area (Å²) in [5.41, 5.74) is 2.73. The van der Waals surface area contributed by atoms with Crippen LogP contribution in [0.2, 0.25) is 0 Å². The van der Waals surface area contributed by atoms with Gasteiger partial charge in [-0.3, -0.25) is 14.8 Å². The van der Waals surface area contributed by atoms with E-state index in [1.165, 1.54) is 12.3 Å². The number of carbonyl (C=O) groups is 2. The molecule has 0 amide bonds. The van der Waals surface area contributed by atoms with Crippen LogP contribution in [0.3, 0.4) is 0 Å². The normalized spacial score (nSPS) is 10.9. The average molecular weight is 296 g/mol. The molecule has 0 saturated carbocycles. The molecule has 6 heteroatoms. The molecule has 110 valence electrons. The van der Waals surface area contributed by atoms with Gasteiger partial charge in [-0.1, -0.05) is 0 Å². The number of hydrogen-bond donors (Lipinski definition) is 1. The molecule has 0 spiro atoms. The minimum absolute atomic E-state index is 0.332. The highest BCUT2D eigenvalue weighted by Gasteiger charge is 2.02. The summed E-state index contributed by atoms with van der Waals surface area (Å²) in [6, 6.07) is 6.96. The van der Waals surface area contributed by atoms with E-state index >= 15 is 0 Å². The summed E-state index contributed by atoms with van der Waals surface area (Å²) >= 11 is 0. The van der Waals surface area contributed by atoms with Crippen molar-refractivity contribution in [3.05, 3.63) is 60.1 Å². The lowest BCUT2D eigenvalue weighted by molar-refractivity contribution is -0.131. The summed E-state index contributed by atoms with van der Waals surface area (Å²) in [7, 11) is 0. The lowest BCUT2D eigenvalue weighted by Gasteiger charge is -2.02. The Morgan fingerprint density at radius 3 is 2.18 bits per heavy atom. The second kappa shape index (κ2) is 7.49. The first-order valence-electron chi connectivity index (χ1n) is 6.28. The van der Waals surface area contributed by atoms with E-state index in [0.717, 1.165) is 11.6 Å². The Labute approximate surface area is 126 Å². The van der Waals surface area contributed by atoms with Crippen LogP contribution in [0.1, 0.15) is 11.1 Å². The van der Waals surface area contributed by atoms with Crippen molar-refractivity contribution in [3.63, 3.8) is 0 Å². The molecule has 0 unspecified atom stereocenters. The van der Waals surface area contributed by atoms with E-state index in [4.69, 9.17) is 5.11 Å². The van der Waals surface area contributed by atoms with Gasteiger partial charge in [0.25, 0.3) is 6.47 Å². The molecule has 1 N–H and O–H groups in total. The van der Waals surface area contributed by atoms with Gasteiger partial charge < -0.3 is 9.84 Å². The van der Waals surface area contributed by atoms with Crippen LogP contribution in [0, 0.1) is 0 Å². The minimum Gasteiger partial charge on any atom is -0.478 e. The molecule has 0 fully saturated rings. The van der Waals surface area contributed by atoms with Gasteiger partial charge in [0.05, 0.1) is 17.6 Å². The first-order chi connectivity index (χ1) is 10.7. The van der Waals surface area contributed by atoms with E-state index in [9.17, 15) is 9.59 Å². The molecular weight excluding hydrogens is 284 g/mol. The second-order valence-corrected chi connectivity index (χ2v) is 4.16. The molecule has 0 bridgehead atoms. The average Bonchev–Trinajstić information content (AvgIpc) is 2.54. The number of nitrogens with zero attached hydrogens (tertiary/aromatic N) is 2. The van der Waals surface area contributed by atoms with Crippen molar-refractivity contribution in [1.29, 1.82) is 0 Å². The van der Waals surface area contributed by atoms with Crippen LogP contribution in [0.15, 0.2) is 49.0 Å². The van der Waals surface area contributed by atoms with E-state index in [0.29, 0.717) is 23.4 Å². The first kappa shape index (κ1) is 15.1. The van der Waals surface area contributed by atoms with Crippen molar-refractivity contribution in [3.8, 4) is 11.4 Å². The highest BCUT2D eigenvalue weighted by Crippen LogP contribution is 2.18. The van der Waals surface area contributed by atoms with Gasteiger partial charge in [-0.15, -0.1) is 0 Å². The third-order valence-electron chi connectivity index (χ3n) is 2.64. The molecule has 2 aromatic heterocycles. The SMILES string of the molecule is O=CO/C=C/c1ccnc(-c2cc(/C=C/C(=O)O)ccn2)c1. The van der Waals surface area contributed by atoms with Gasteiger partial charge in [0, 0.05) is 18.5 Å². The maximum Gasteiger partial charge on any atom is 0.328 e. The largest absolute Gasteiger partial charge is 0.478 e. The van der Waals surface area contributed by atoms with Crippen molar-refractivity contribution in [2.45, 2.75) is 0 Å². The summed E-state index contributed by atoms with van der Waals surface area (Å²) < 4.78 is 4.49. The zero-order valence-corrected chi connectivity index (χ0v) is 11.4. The monoisotopic (exact) mass is 296 g/mol. The Bertz CT molecular complexity index is 738. The lowest BCUT2D eigenvalue weighted by atomic mass is 10.1. The fourth-order valence-corrected chi connectivity index (χ4v) is 1.70. The third kappa shape index (κ3) is 4.38. The van der Waals surface area contributed by atoms with Crippen molar-refractivity contribution < 1.29 is 19.4 Å². The maximum absolute atomic E-state index is 10.5. The Morgan fingerprint density at radius 2 is 1.64 bits per heavy atom. The van der Waals surface area contributed by atoms with E-state index in [-0.39, 0.29) is 0 Å². The quantitative estimate of drug-likeness (QED) is 0.500. The van der Waals surface area contributed by atoms with Crippen molar-refractivity contribution >= 4 is 24.6 Å². The van der Waals surface area contributed by atoms with Crippen LogP contribution < -0.4 is 0 Å². The number of ether oxygens (including phenoxy) is 1. The van der Waals surface area contributed by atoms with Crippen LogP contribution in [-0.2, 0) is 14.3 Å². The Balaban J connectivity index is 2.28. The standard InChI is InChI=1S/C16H12N2O4/c19-11-22-8-5-13-4-7-18-15(10-13)14-9-12(3-6-17-14)1-2-16(20)21/h1-11H,(H,20,21)/b2-1+,8-5+. The number of hydrogen-bond acceptors (Lipinski definition) is 5. The molecule has 6 nitrogen and oxygen atoms in total. The number of carbonyl (C=O) groups excluding carboxylic acids is 1. The molecule has 0 radical (unpaired) electrons. The number of rotatable bonds is 6. The number of pyridine rings is 2. The molecule has 22 heavy (non-hydrogen) atoms. The molecular formula is C16H12N2O4. The van der Waals surface area contributed by atoms with E-state index < -0.39 is 5.97 Å². The molecule has 2 aromatic rings. The van der Waals surface area contributed by atoms with Crippen LogP contribution in [0.5, 0.6) is 0 Å². The number of carboxylic acid groups (broad SMARTS) is 1. The van der Waals surface area contributed by atoms with Gasteiger partial charge in [-0.05, 0) is 47.5 Å². The van der Waals surface area contributed by atoms with Crippen molar-refractivity contribution in [1.82, 2.24) is 9.97 Å². The molecule has 0 saturated heterocycles. The highest BCUT2D eigenvalue weighted by molar-refractivity contribution is 5.85. The number of carboxylic acids is 1. The molecule has 0 atom stereocenters. The zero-order valence-electron chi connectivity index (χ0n) is 11.4. The number of aromatic nitrogens is 2. The predicted octanol–water partition coefficient (Wildman–Crippen LogP) is 2.39. The van der Waals surface area contributed by atoms with Gasteiger partial charge >= 0.3 is 5.97 Å². The summed E-state index contributed by atoms with van der Waals surface area (Å²) in [6.07, 6.45) is 8.62. The van der Waals surface area contributed by atoms with Gasteiger partial charge in [0.1, 0.15) is 0 Å². The van der Waals surface area contributed by atoms with E-state index in [2.05, 4.69) is 14.7 Å². The molecule has 0 aromatic carbocycles. The van der Waals surface area contributed by atoms with E-state index in [1.54, 1.807) is 42.7 Å². The van der Waals surface area contributed by atoms with Crippen LogP contribution >= 0.6 is 0 Å². The first-order valence-corrected chi connectivity index (χ1v) is 6.28. The van der Waals surface area contributed by atoms with Crippen LogP contribution in [0.25, 0.3) is 23.5 Å². The smallest absolute Gasteiger partial charge is 0.328 e. The fourth-order valence-electron chi connectivity index (χ4n) is 1.70. The van der Waals surface area contributed by atoms with Gasteiger partial charge in [0.2, 0.25) is 0 Å². The number of aliphatic carboxylic acids is 1. The summed E-state index contributed by atoms with van der Waals surface area (Å²) in [5.74, 6) is -1.02. The highest BCUT2D eigenvalue weighted by atomic mass is 16.5. The second-order valence-electron chi connectivity index (χ2n) is 4.16. The van der Waals surface area contributed by atoms with Crippen molar-refractivity contribution in [2.75, 3.05) is 0 Å². The molecule has 0 aliphatic carbocycles. The summed E-state index contributed by atoms with van der Waals surface area (Å²) in [6.45, 7) is 0.332. The third-order valence-corrected chi connectivity index (χ3v) is 2.64. The molecule has 0 aliphatic rings. The topological polar surface area (TPSA) is 89.4 Å². The van der Waals surface area contributed by atoms with Gasteiger partial charge in [-0.25, -0.2) is 4.79 Å². The van der Waals surface area contributed by atoms with Gasteiger partial charge in [-0.2, -0.15) is 0 Å². The summed E-state index contributed by atoms with van der Waals surface area (Å²) in [4.78, 5) is 29.1. The fraction of sp³-hybridized carbons (Fsp3) is 0. The Hall–Kier alpha value is -3.28.